The molecule has 1 unspecified atom stereocenters. The molecule has 10 nitrogen and oxygen atoms in total. The molecule has 48 heavy (non-hydrogen) atoms. The number of rotatable bonds is 17. The number of nitrogens with two attached hydrogens (primary N) is 1. The fourth-order valence-electron chi connectivity index (χ4n) is 5.70. The summed E-state index contributed by atoms with van der Waals surface area (Å²) in [6.07, 6.45) is 9.74. The first-order chi connectivity index (χ1) is 23.2. The van der Waals surface area contributed by atoms with Crippen molar-refractivity contribution < 1.29 is 28.5 Å². The lowest BCUT2D eigenvalue weighted by Crippen LogP contribution is -2.27. The number of hydrogen-bond acceptors (Lipinski definition) is 7. The maximum absolute atomic E-state index is 12.5. The zero-order valence-electron chi connectivity index (χ0n) is 28.0. The summed E-state index contributed by atoms with van der Waals surface area (Å²) in [7, 11) is 0. The summed E-state index contributed by atoms with van der Waals surface area (Å²) in [5.41, 5.74) is 10.4. The second-order valence-corrected chi connectivity index (χ2v) is 12.8. The van der Waals surface area contributed by atoms with Crippen molar-refractivity contribution in [2.45, 2.75) is 70.7 Å². The van der Waals surface area contributed by atoms with E-state index in [0.717, 1.165) is 67.6 Å². The lowest BCUT2D eigenvalue weighted by molar-refractivity contribution is 0.0743. The molecule has 0 saturated carbocycles. The molecule has 3 aromatic carbocycles. The lowest BCUT2D eigenvalue weighted by Gasteiger charge is -2.28. The van der Waals surface area contributed by atoms with Gasteiger partial charge in [-0.15, -0.1) is 0 Å². The summed E-state index contributed by atoms with van der Waals surface area (Å²) in [6.45, 7) is 7.82. The Bertz CT molecular complexity index is 1560. The molecular weight excluding hydrogens is 608 g/mol. The number of unbranched alkanes of at least 4 members (excludes halogenated alkanes) is 4. The van der Waals surface area contributed by atoms with Gasteiger partial charge in [-0.05, 0) is 92.8 Å². The Morgan fingerprint density at radius 2 is 1.62 bits per heavy atom. The van der Waals surface area contributed by atoms with Crippen LogP contribution in [0, 0.1) is 0 Å². The number of urea groups is 1. The Kier molecular flexibility index (Phi) is 12.3. The maximum Gasteiger partial charge on any atom is 0.410 e. The average molecular weight is 657 g/mol. The quantitative estimate of drug-likeness (QED) is 0.0989. The number of nitrogens with one attached hydrogen (secondary N) is 2. The van der Waals surface area contributed by atoms with Gasteiger partial charge in [0.25, 0.3) is 0 Å². The Morgan fingerprint density at radius 1 is 0.896 bits per heavy atom. The van der Waals surface area contributed by atoms with Crippen molar-refractivity contribution in [3.8, 4) is 5.75 Å². The lowest BCUT2D eigenvalue weighted by atomic mass is 9.99. The number of hydrogen-bond donors (Lipinski definition) is 3. The van der Waals surface area contributed by atoms with E-state index in [-0.39, 0.29) is 23.8 Å². The molecule has 3 aromatic rings. The fraction of sp³-hybridized carbons (Fsp3) is 0.421. The molecule has 2 heterocycles. The van der Waals surface area contributed by atoms with E-state index in [1.807, 2.05) is 61.2 Å². The summed E-state index contributed by atoms with van der Waals surface area (Å²) in [5, 5.41) is 5.61. The van der Waals surface area contributed by atoms with Crippen LogP contribution in [0.25, 0.3) is 6.08 Å². The van der Waals surface area contributed by atoms with Crippen LogP contribution in [-0.2, 0) is 20.8 Å². The molecule has 1 fully saturated rings. The zero-order valence-corrected chi connectivity index (χ0v) is 28.0. The van der Waals surface area contributed by atoms with E-state index in [0.29, 0.717) is 50.0 Å². The molecule has 2 aliphatic heterocycles. The number of amides is 3. The molecular formula is C38H48N4O6. The molecule has 5 rings (SSSR count). The number of nitrogen functional groups attached to an aromatic ring is 1. The minimum absolute atomic E-state index is 0.233. The molecule has 0 aliphatic carbocycles. The van der Waals surface area contributed by atoms with Crippen LogP contribution in [0.5, 0.6) is 5.75 Å². The summed E-state index contributed by atoms with van der Waals surface area (Å²) in [4.78, 5) is 26.6. The van der Waals surface area contributed by atoms with Gasteiger partial charge in [-0.2, -0.15) is 0 Å². The molecule has 1 saturated heterocycles. The number of ether oxygens (including phenoxy) is 4. The zero-order chi connectivity index (χ0) is 33.8. The van der Waals surface area contributed by atoms with Gasteiger partial charge in [0.15, 0.2) is 0 Å². The van der Waals surface area contributed by atoms with Gasteiger partial charge in [-0.1, -0.05) is 49.6 Å². The van der Waals surface area contributed by atoms with E-state index in [4.69, 9.17) is 24.7 Å². The highest BCUT2D eigenvalue weighted by Gasteiger charge is 2.32. The first kappa shape index (κ1) is 34.8. The van der Waals surface area contributed by atoms with Crippen LogP contribution in [-0.4, -0.2) is 55.5 Å². The molecule has 0 bridgehead atoms. The van der Waals surface area contributed by atoms with Crippen LogP contribution in [0.1, 0.15) is 75.2 Å². The van der Waals surface area contributed by atoms with Crippen molar-refractivity contribution in [2.24, 2.45) is 0 Å². The van der Waals surface area contributed by atoms with E-state index in [9.17, 15) is 9.59 Å². The summed E-state index contributed by atoms with van der Waals surface area (Å²) >= 11 is 0. The van der Waals surface area contributed by atoms with E-state index in [1.54, 1.807) is 24.3 Å². The van der Waals surface area contributed by atoms with Gasteiger partial charge in [-0.3, -0.25) is 0 Å². The standard InChI is InChI=1S/C38H48N4O6/c1-38(2)18-17-30-24-29(15-16-34(30)48-38)35-26-42(37(44)47-35)19-6-4-3-5-7-20-45-21-10-22-46-27-28-11-8-13-32(23-28)40-36(43)41-33-14-9-12-31(39)25-33/h8-9,11-18,23-25,35H,3-7,10,19-22,26-27,39H2,1-2H3,(H2,40,41,43). The largest absolute Gasteiger partial charge is 0.483 e. The van der Waals surface area contributed by atoms with E-state index in [1.165, 1.54) is 0 Å². The van der Waals surface area contributed by atoms with Crippen molar-refractivity contribution in [2.75, 3.05) is 49.3 Å². The minimum atomic E-state index is -0.335. The van der Waals surface area contributed by atoms with Crippen LogP contribution in [0.2, 0.25) is 0 Å². The highest BCUT2D eigenvalue weighted by Crippen LogP contribution is 2.35. The van der Waals surface area contributed by atoms with E-state index in [2.05, 4.69) is 22.8 Å². The smallest absolute Gasteiger partial charge is 0.410 e. The third-order valence-corrected chi connectivity index (χ3v) is 8.22. The molecule has 0 radical (unpaired) electrons. The van der Waals surface area contributed by atoms with Crippen LogP contribution in [0.4, 0.5) is 26.7 Å². The van der Waals surface area contributed by atoms with Crippen LogP contribution in [0.15, 0.2) is 72.8 Å². The molecule has 1 atom stereocenters. The third kappa shape index (κ3) is 10.7. The monoisotopic (exact) mass is 656 g/mol. The number of nitrogens with zero attached hydrogens (tertiary/aromatic N) is 1. The molecule has 2 aliphatic rings. The van der Waals surface area contributed by atoms with Crippen LogP contribution in [0.3, 0.4) is 0 Å². The number of benzene rings is 3. The summed E-state index contributed by atoms with van der Waals surface area (Å²) < 4.78 is 23.3. The van der Waals surface area contributed by atoms with Crippen molar-refractivity contribution in [3.05, 3.63) is 89.5 Å². The summed E-state index contributed by atoms with van der Waals surface area (Å²) in [5.74, 6) is 0.857. The number of cyclic esters (lactones) is 1. The van der Waals surface area contributed by atoms with Crippen LogP contribution < -0.4 is 21.1 Å². The molecule has 10 heteroatoms. The predicted octanol–water partition coefficient (Wildman–Crippen LogP) is 8.16. The number of carbonyl (C=O) groups is 2. The Labute approximate surface area is 283 Å². The van der Waals surface area contributed by atoms with Gasteiger partial charge in [0.2, 0.25) is 0 Å². The van der Waals surface area contributed by atoms with Crippen molar-refractivity contribution >= 4 is 35.3 Å². The topological polar surface area (TPSA) is 124 Å². The second-order valence-electron chi connectivity index (χ2n) is 12.8. The Hall–Kier alpha value is -4.54. The average Bonchev–Trinajstić information content (AvgIpc) is 3.42. The second kappa shape index (κ2) is 17.0. The normalized spacial score (nSPS) is 16.2. The maximum atomic E-state index is 12.5. The molecule has 0 spiro atoms. The predicted molar refractivity (Wildman–Crippen MR) is 189 cm³/mol. The Morgan fingerprint density at radius 3 is 2.46 bits per heavy atom. The first-order valence-electron chi connectivity index (χ1n) is 16.9. The molecule has 4 N–H and O–H groups in total. The molecule has 3 amide bonds. The van der Waals surface area contributed by atoms with Gasteiger partial charge < -0.3 is 40.2 Å². The van der Waals surface area contributed by atoms with E-state index >= 15 is 0 Å². The molecule has 256 valence electrons. The SMILES string of the molecule is CC1(C)C=Cc2cc(C3CN(CCCCCCCOCCCOCc4cccc(NC(=O)Nc5cccc(N)c5)c4)C(=O)O3)ccc2O1. The number of carbonyl (C=O) groups excluding carboxylic acids is 2. The molecule has 0 aromatic heterocycles. The van der Waals surface area contributed by atoms with Crippen molar-refractivity contribution in [1.29, 1.82) is 0 Å². The Balaban J connectivity index is 0.857. The van der Waals surface area contributed by atoms with Crippen LogP contribution >= 0.6 is 0 Å². The van der Waals surface area contributed by atoms with Crippen molar-refractivity contribution in [3.63, 3.8) is 0 Å². The van der Waals surface area contributed by atoms with Gasteiger partial charge in [0.05, 0.1) is 13.2 Å². The van der Waals surface area contributed by atoms with Gasteiger partial charge in [0, 0.05) is 49.0 Å². The van der Waals surface area contributed by atoms with E-state index < -0.39 is 0 Å². The van der Waals surface area contributed by atoms with Gasteiger partial charge >= 0.3 is 12.1 Å². The summed E-state index contributed by atoms with van der Waals surface area (Å²) in [6, 6.07) is 20.3. The third-order valence-electron chi connectivity index (χ3n) is 8.22. The fourth-order valence-corrected chi connectivity index (χ4v) is 5.70. The van der Waals surface area contributed by atoms with Gasteiger partial charge in [-0.25, -0.2) is 9.59 Å². The first-order valence-corrected chi connectivity index (χ1v) is 16.9. The number of anilines is 3. The van der Waals surface area contributed by atoms with Gasteiger partial charge in [0.1, 0.15) is 17.5 Å². The minimum Gasteiger partial charge on any atom is -0.483 e. The number of fused-ring (bicyclic) bond motifs is 1. The highest BCUT2D eigenvalue weighted by atomic mass is 16.6. The van der Waals surface area contributed by atoms with Crippen molar-refractivity contribution in [1.82, 2.24) is 4.90 Å². The highest BCUT2D eigenvalue weighted by molar-refractivity contribution is 6.00.